The number of hydrogen-bond acceptors (Lipinski definition) is 4. The summed E-state index contributed by atoms with van der Waals surface area (Å²) >= 11 is 0. The molecule has 0 spiro atoms. The van der Waals surface area contributed by atoms with Crippen LogP contribution in [0.4, 0.5) is 4.39 Å². The predicted molar refractivity (Wildman–Crippen MR) is 67.9 cm³/mol. The van der Waals surface area contributed by atoms with Crippen LogP contribution in [-0.2, 0) is 9.84 Å². The molecule has 18 heavy (non-hydrogen) atoms. The number of halogens is 1. The van der Waals surface area contributed by atoms with Gasteiger partial charge in [0.2, 0.25) is 0 Å². The number of Topliss-reactive ketones (excluding diaryl/α,β-unsaturated/α-hetero) is 1. The lowest BCUT2D eigenvalue weighted by Gasteiger charge is -2.14. The van der Waals surface area contributed by atoms with Gasteiger partial charge in [-0.3, -0.25) is 9.69 Å². The van der Waals surface area contributed by atoms with Crippen molar-refractivity contribution >= 4 is 15.6 Å². The maximum atomic E-state index is 12.9. The first-order valence-corrected chi connectivity index (χ1v) is 7.49. The van der Waals surface area contributed by atoms with E-state index in [0.717, 1.165) is 6.26 Å². The fourth-order valence-electron chi connectivity index (χ4n) is 1.40. The fourth-order valence-corrected chi connectivity index (χ4v) is 2.04. The third-order valence-electron chi connectivity index (χ3n) is 2.40. The van der Waals surface area contributed by atoms with Gasteiger partial charge in [0, 0.05) is 18.4 Å². The summed E-state index contributed by atoms with van der Waals surface area (Å²) in [6, 6.07) is 5.45. The Hall–Kier alpha value is -1.27. The Morgan fingerprint density at radius 3 is 2.61 bits per heavy atom. The SMILES string of the molecule is CN(CCS(C)(=O)=O)CC(=O)c1cccc(F)c1. The minimum absolute atomic E-state index is 0.0000687. The molecular weight excluding hydrogens is 257 g/mol. The van der Waals surface area contributed by atoms with Crippen LogP contribution in [0.3, 0.4) is 0 Å². The summed E-state index contributed by atoms with van der Waals surface area (Å²) in [5.41, 5.74) is 0.293. The number of carbonyl (C=O) groups excluding carboxylic acids is 1. The number of ketones is 1. The highest BCUT2D eigenvalue weighted by Gasteiger charge is 2.11. The van der Waals surface area contributed by atoms with Gasteiger partial charge in [0.05, 0.1) is 12.3 Å². The van der Waals surface area contributed by atoms with Crippen molar-refractivity contribution in [3.8, 4) is 0 Å². The summed E-state index contributed by atoms with van der Waals surface area (Å²) in [5.74, 6) is -0.690. The van der Waals surface area contributed by atoms with Crippen molar-refractivity contribution in [3.63, 3.8) is 0 Å². The van der Waals surface area contributed by atoms with Crippen LogP contribution >= 0.6 is 0 Å². The summed E-state index contributed by atoms with van der Waals surface area (Å²) in [6.07, 6.45) is 1.15. The van der Waals surface area contributed by atoms with Gasteiger partial charge in [-0.1, -0.05) is 12.1 Å². The fraction of sp³-hybridized carbons (Fsp3) is 0.417. The third kappa shape index (κ3) is 5.37. The molecule has 1 rings (SSSR count). The summed E-state index contributed by atoms with van der Waals surface area (Å²) in [5, 5.41) is 0. The highest BCUT2D eigenvalue weighted by molar-refractivity contribution is 7.90. The molecule has 0 aliphatic heterocycles. The smallest absolute Gasteiger partial charge is 0.176 e. The molecule has 0 saturated carbocycles. The largest absolute Gasteiger partial charge is 0.298 e. The Kier molecular flexibility index (Phi) is 4.98. The molecule has 0 radical (unpaired) electrons. The van der Waals surface area contributed by atoms with Crippen molar-refractivity contribution in [1.82, 2.24) is 4.90 Å². The summed E-state index contributed by atoms with van der Waals surface area (Å²) in [4.78, 5) is 13.4. The lowest BCUT2D eigenvalue weighted by molar-refractivity contribution is 0.0948. The van der Waals surface area contributed by atoms with Crippen LogP contribution < -0.4 is 0 Å². The van der Waals surface area contributed by atoms with E-state index >= 15 is 0 Å². The van der Waals surface area contributed by atoms with Gasteiger partial charge in [-0.05, 0) is 19.2 Å². The number of nitrogens with zero attached hydrogens (tertiary/aromatic N) is 1. The molecule has 0 fully saturated rings. The topological polar surface area (TPSA) is 54.5 Å². The van der Waals surface area contributed by atoms with E-state index in [-0.39, 0.29) is 24.6 Å². The van der Waals surface area contributed by atoms with Crippen molar-refractivity contribution < 1.29 is 17.6 Å². The second-order valence-electron chi connectivity index (χ2n) is 4.30. The van der Waals surface area contributed by atoms with Gasteiger partial charge >= 0.3 is 0 Å². The van der Waals surface area contributed by atoms with E-state index in [1.165, 1.54) is 24.3 Å². The molecule has 0 aromatic heterocycles. The van der Waals surface area contributed by atoms with Crippen LogP contribution in [0, 0.1) is 5.82 Å². The van der Waals surface area contributed by atoms with E-state index < -0.39 is 15.7 Å². The Bertz CT molecular complexity index is 528. The lowest BCUT2D eigenvalue weighted by Crippen LogP contribution is -2.30. The third-order valence-corrected chi connectivity index (χ3v) is 3.33. The van der Waals surface area contributed by atoms with Gasteiger partial charge in [-0.25, -0.2) is 12.8 Å². The summed E-state index contributed by atoms with van der Waals surface area (Å²) in [7, 11) is -1.38. The monoisotopic (exact) mass is 273 g/mol. The molecule has 0 N–H and O–H groups in total. The zero-order valence-corrected chi connectivity index (χ0v) is 11.2. The van der Waals surface area contributed by atoms with Crippen molar-refractivity contribution in [2.75, 3.05) is 32.1 Å². The van der Waals surface area contributed by atoms with Gasteiger partial charge in [0.1, 0.15) is 15.7 Å². The molecule has 4 nitrogen and oxygen atoms in total. The number of sulfone groups is 1. The average Bonchev–Trinajstić information content (AvgIpc) is 2.25. The Morgan fingerprint density at radius 2 is 2.06 bits per heavy atom. The second kappa shape index (κ2) is 6.06. The summed E-state index contributed by atoms with van der Waals surface area (Å²) in [6.45, 7) is 0.346. The molecule has 0 bridgehead atoms. The first kappa shape index (κ1) is 14.8. The maximum Gasteiger partial charge on any atom is 0.176 e. The highest BCUT2D eigenvalue weighted by atomic mass is 32.2. The molecule has 100 valence electrons. The molecule has 0 aliphatic rings. The maximum absolute atomic E-state index is 12.9. The van der Waals surface area contributed by atoms with E-state index in [1.807, 2.05) is 0 Å². The molecule has 0 unspecified atom stereocenters. The second-order valence-corrected chi connectivity index (χ2v) is 6.56. The molecular formula is C12H16FNO3S. The van der Waals surface area contributed by atoms with Crippen molar-refractivity contribution in [2.24, 2.45) is 0 Å². The highest BCUT2D eigenvalue weighted by Crippen LogP contribution is 2.05. The van der Waals surface area contributed by atoms with E-state index in [1.54, 1.807) is 11.9 Å². The molecule has 0 heterocycles. The van der Waals surface area contributed by atoms with E-state index in [4.69, 9.17) is 0 Å². The van der Waals surface area contributed by atoms with E-state index in [2.05, 4.69) is 0 Å². The van der Waals surface area contributed by atoms with Crippen LogP contribution in [0.15, 0.2) is 24.3 Å². The Balaban J connectivity index is 2.55. The van der Waals surface area contributed by atoms with Crippen LogP contribution in [0.2, 0.25) is 0 Å². The minimum Gasteiger partial charge on any atom is -0.298 e. The number of benzene rings is 1. The van der Waals surface area contributed by atoms with Gasteiger partial charge in [0.15, 0.2) is 5.78 Å². The molecule has 1 aromatic carbocycles. The Labute approximate surface area is 106 Å². The molecule has 0 saturated heterocycles. The number of rotatable bonds is 6. The zero-order valence-electron chi connectivity index (χ0n) is 10.4. The molecule has 6 heteroatoms. The number of likely N-dealkylation sites (N-methyl/N-ethyl adjacent to an activating group) is 1. The normalized spacial score (nSPS) is 11.8. The number of hydrogen-bond donors (Lipinski definition) is 0. The van der Waals surface area contributed by atoms with Crippen LogP contribution in [0.1, 0.15) is 10.4 Å². The van der Waals surface area contributed by atoms with Crippen LogP contribution in [-0.4, -0.2) is 51.2 Å². The lowest BCUT2D eigenvalue weighted by atomic mass is 10.1. The summed E-state index contributed by atoms with van der Waals surface area (Å²) < 4.78 is 34.9. The zero-order chi connectivity index (χ0) is 13.8. The van der Waals surface area contributed by atoms with Gasteiger partial charge < -0.3 is 0 Å². The predicted octanol–water partition coefficient (Wildman–Crippen LogP) is 0.985. The molecule has 0 amide bonds. The van der Waals surface area contributed by atoms with Gasteiger partial charge in [-0.2, -0.15) is 0 Å². The van der Waals surface area contributed by atoms with Crippen molar-refractivity contribution in [1.29, 1.82) is 0 Å². The Morgan fingerprint density at radius 1 is 1.39 bits per heavy atom. The first-order valence-electron chi connectivity index (χ1n) is 5.43. The average molecular weight is 273 g/mol. The van der Waals surface area contributed by atoms with E-state index in [9.17, 15) is 17.6 Å². The minimum atomic E-state index is -3.04. The standard InChI is InChI=1S/C12H16FNO3S/c1-14(6-7-18(2,16)17)9-12(15)10-4-3-5-11(13)8-10/h3-5,8H,6-7,9H2,1-2H3. The van der Waals surface area contributed by atoms with Gasteiger partial charge in [-0.15, -0.1) is 0 Å². The van der Waals surface area contributed by atoms with E-state index in [0.29, 0.717) is 5.56 Å². The molecule has 0 aliphatic carbocycles. The molecule has 0 atom stereocenters. The van der Waals surface area contributed by atoms with Crippen LogP contribution in [0.5, 0.6) is 0 Å². The van der Waals surface area contributed by atoms with Crippen molar-refractivity contribution in [3.05, 3.63) is 35.6 Å². The first-order chi connectivity index (χ1) is 8.28. The van der Waals surface area contributed by atoms with Gasteiger partial charge in [0.25, 0.3) is 0 Å². The van der Waals surface area contributed by atoms with Crippen LogP contribution in [0.25, 0.3) is 0 Å². The number of carbonyl (C=O) groups is 1. The quantitative estimate of drug-likeness (QED) is 0.725. The van der Waals surface area contributed by atoms with Crippen molar-refractivity contribution in [2.45, 2.75) is 0 Å². The molecule has 1 aromatic rings.